The summed E-state index contributed by atoms with van der Waals surface area (Å²) >= 11 is 0. The van der Waals surface area contributed by atoms with Gasteiger partial charge in [-0.05, 0) is 25.2 Å². The van der Waals surface area contributed by atoms with Crippen LogP contribution in [0.25, 0.3) is 0 Å². The second kappa shape index (κ2) is 4.99. The largest absolute Gasteiger partial charge is 0.300 e. The SMILES string of the molecule is CC.CC(C)N1CC(C(C)(C)C)C1. The fourth-order valence-corrected chi connectivity index (χ4v) is 1.48. The van der Waals surface area contributed by atoms with E-state index in [0.29, 0.717) is 5.41 Å². The van der Waals surface area contributed by atoms with Crippen molar-refractivity contribution >= 4 is 0 Å². The van der Waals surface area contributed by atoms with Crippen molar-refractivity contribution in [2.24, 2.45) is 11.3 Å². The van der Waals surface area contributed by atoms with Crippen molar-refractivity contribution in [3.8, 4) is 0 Å². The zero-order chi connectivity index (χ0) is 10.6. The summed E-state index contributed by atoms with van der Waals surface area (Å²) < 4.78 is 0. The van der Waals surface area contributed by atoms with Crippen molar-refractivity contribution in [1.82, 2.24) is 4.90 Å². The first kappa shape index (κ1) is 13.0. The van der Waals surface area contributed by atoms with Crippen LogP contribution in [0.2, 0.25) is 0 Å². The summed E-state index contributed by atoms with van der Waals surface area (Å²) in [5.41, 5.74) is 0.519. The molecule has 1 nitrogen and oxygen atoms in total. The van der Waals surface area contributed by atoms with E-state index in [0.717, 1.165) is 12.0 Å². The van der Waals surface area contributed by atoms with Gasteiger partial charge in [-0.3, -0.25) is 0 Å². The van der Waals surface area contributed by atoms with Crippen molar-refractivity contribution in [2.75, 3.05) is 13.1 Å². The molecule has 13 heavy (non-hydrogen) atoms. The average Bonchev–Trinajstić information content (AvgIpc) is 1.83. The van der Waals surface area contributed by atoms with E-state index >= 15 is 0 Å². The molecule has 80 valence electrons. The van der Waals surface area contributed by atoms with Gasteiger partial charge >= 0.3 is 0 Å². The van der Waals surface area contributed by atoms with Crippen LogP contribution in [-0.2, 0) is 0 Å². The van der Waals surface area contributed by atoms with Gasteiger partial charge in [0.15, 0.2) is 0 Å². The third kappa shape index (κ3) is 3.68. The summed E-state index contributed by atoms with van der Waals surface area (Å²) in [5, 5.41) is 0. The Balaban J connectivity index is 0.000000671. The van der Waals surface area contributed by atoms with Gasteiger partial charge in [0, 0.05) is 19.1 Å². The first-order valence-corrected chi connectivity index (χ1v) is 5.65. The second-order valence-corrected chi connectivity index (χ2v) is 5.11. The minimum atomic E-state index is 0.519. The molecular weight excluding hydrogens is 158 g/mol. The molecular formula is C12H27N. The van der Waals surface area contributed by atoms with Crippen LogP contribution in [-0.4, -0.2) is 24.0 Å². The predicted octanol–water partition coefficient (Wildman–Crippen LogP) is 3.40. The Bertz CT molecular complexity index is 127. The Morgan fingerprint density at radius 2 is 1.46 bits per heavy atom. The molecule has 0 unspecified atom stereocenters. The van der Waals surface area contributed by atoms with Gasteiger partial charge < -0.3 is 4.90 Å². The maximum Gasteiger partial charge on any atom is 0.00388 e. The van der Waals surface area contributed by atoms with Crippen LogP contribution < -0.4 is 0 Å². The van der Waals surface area contributed by atoms with Crippen LogP contribution in [0.5, 0.6) is 0 Å². The molecule has 0 aliphatic carbocycles. The lowest BCUT2D eigenvalue weighted by Crippen LogP contribution is -2.54. The van der Waals surface area contributed by atoms with Crippen molar-refractivity contribution < 1.29 is 0 Å². The van der Waals surface area contributed by atoms with E-state index in [4.69, 9.17) is 0 Å². The van der Waals surface area contributed by atoms with Crippen LogP contribution in [0.3, 0.4) is 0 Å². The van der Waals surface area contributed by atoms with Gasteiger partial charge in [-0.2, -0.15) is 0 Å². The Morgan fingerprint density at radius 3 is 1.69 bits per heavy atom. The Hall–Kier alpha value is -0.0400. The number of hydrogen-bond donors (Lipinski definition) is 0. The summed E-state index contributed by atoms with van der Waals surface area (Å²) in [5.74, 6) is 0.921. The summed E-state index contributed by atoms with van der Waals surface area (Å²) in [7, 11) is 0. The van der Waals surface area contributed by atoms with Crippen LogP contribution in [0.1, 0.15) is 48.5 Å². The van der Waals surface area contributed by atoms with Crippen molar-refractivity contribution in [3.05, 3.63) is 0 Å². The molecule has 1 rings (SSSR count). The summed E-state index contributed by atoms with van der Waals surface area (Å²) in [6.45, 7) is 18.2. The maximum absolute atomic E-state index is 2.54. The summed E-state index contributed by atoms with van der Waals surface area (Å²) in [4.78, 5) is 2.54. The van der Waals surface area contributed by atoms with E-state index in [2.05, 4.69) is 39.5 Å². The molecule has 0 aromatic rings. The number of rotatable bonds is 1. The Kier molecular flexibility index (Phi) is 4.98. The molecule has 0 amide bonds. The first-order chi connectivity index (χ1) is 5.91. The van der Waals surface area contributed by atoms with Crippen LogP contribution in [0, 0.1) is 11.3 Å². The van der Waals surface area contributed by atoms with Crippen LogP contribution >= 0.6 is 0 Å². The van der Waals surface area contributed by atoms with E-state index in [-0.39, 0.29) is 0 Å². The molecule has 0 aromatic heterocycles. The van der Waals surface area contributed by atoms with Crippen molar-refractivity contribution in [1.29, 1.82) is 0 Å². The summed E-state index contributed by atoms with van der Waals surface area (Å²) in [6.07, 6.45) is 0. The lowest BCUT2D eigenvalue weighted by molar-refractivity contribution is 0.00320. The minimum Gasteiger partial charge on any atom is -0.300 e. The Morgan fingerprint density at radius 1 is 1.08 bits per heavy atom. The van der Waals surface area contributed by atoms with Crippen LogP contribution in [0.4, 0.5) is 0 Å². The topological polar surface area (TPSA) is 3.24 Å². The van der Waals surface area contributed by atoms with E-state index in [1.165, 1.54) is 13.1 Å². The zero-order valence-electron chi connectivity index (χ0n) is 10.5. The van der Waals surface area contributed by atoms with Gasteiger partial charge in [0.25, 0.3) is 0 Å². The molecule has 1 heteroatoms. The second-order valence-electron chi connectivity index (χ2n) is 5.11. The molecule has 1 aliphatic rings. The number of likely N-dealkylation sites (tertiary alicyclic amines) is 1. The number of hydrogen-bond acceptors (Lipinski definition) is 1. The van der Waals surface area contributed by atoms with E-state index in [1.807, 2.05) is 13.8 Å². The first-order valence-electron chi connectivity index (χ1n) is 5.65. The highest BCUT2D eigenvalue weighted by molar-refractivity contribution is 4.89. The Labute approximate surface area is 84.5 Å². The normalized spacial score (nSPS) is 19.4. The lowest BCUT2D eigenvalue weighted by atomic mass is 9.75. The zero-order valence-corrected chi connectivity index (χ0v) is 10.5. The van der Waals surface area contributed by atoms with Crippen molar-refractivity contribution in [2.45, 2.75) is 54.5 Å². The highest BCUT2D eigenvalue weighted by Gasteiger charge is 2.36. The van der Waals surface area contributed by atoms with Gasteiger partial charge in [-0.1, -0.05) is 34.6 Å². The molecule has 1 heterocycles. The molecule has 1 aliphatic heterocycles. The molecule has 0 bridgehead atoms. The highest BCUT2D eigenvalue weighted by atomic mass is 15.2. The molecule has 0 atom stereocenters. The molecule has 0 spiro atoms. The van der Waals surface area contributed by atoms with Gasteiger partial charge in [-0.25, -0.2) is 0 Å². The fraction of sp³-hybridized carbons (Fsp3) is 1.00. The van der Waals surface area contributed by atoms with E-state index in [1.54, 1.807) is 0 Å². The van der Waals surface area contributed by atoms with Crippen LogP contribution in [0.15, 0.2) is 0 Å². The third-order valence-corrected chi connectivity index (χ3v) is 2.86. The van der Waals surface area contributed by atoms with E-state index < -0.39 is 0 Å². The smallest absolute Gasteiger partial charge is 0.00388 e. The molecule has 1 fully saturated rings. The third-order valence-electron chi connectivity index (χ3n) is 2.86. The molecule has 0 aromatic carbocycles. The highest BCUT2D eigenvalue weighted by Crippen LogP contribution is 2.34. The van der Waals surface area contributed by atoms with Crippen molar-refractivity contribution in [3.63, 3.8) is 0 Å². The summed E-state index contributed by atoms with van der Waals surface area (Å²) in [6, 6.07) is 0.744. The van der Waals surface area contributed by atoms with Gasteiger partial charge in [-0.15, -0.1) is 0 Å². The van der Waals surface area contributed by atoms with Gasteiger partial charge in [0.1, 0.15) is 0 Å². The fourth-order valence-electron chi connectivity index (χ4n) is 1.48. The quantitative estimate of drug-likeness (QED) is 0.605. The molecule has 0 saturated carbocycles. The maximum atomic E-state index is 2.54. The monoisotopic (exact) mass is 185 g/mol. The number of nitrogens with zero attached hydrogens (tertiary/aromatic N) is 1. The standard InChI is InChI=1S/C10H21N.C2H6/c1-8(2)11-6-9(7-11)10(3,4)5;1-2/h8-9H,6-7H2,1-5H3;1-2H3. The molecule has 0 radical (unpaired) electrons. The molecule has 1 saturated heterocycles. The molecule has 0 N–H and O–H groups in total. The van der Waals surface area contributed by atoms with E-state index in [9.17, 15) is 0 Å². The van der Waals surface area contributed by atoms with Gasteiger partial charge in [0.05, 0.1) is 0 Å². The lowest BCUT2D eigenvalue weighted by Gasteiger charge is -2.48. The minimum absolute atomic E-state index is 0.519. The van der Waals surface area contributed by atoms with Gasteiger partial charge in [0.2, 0.25) is 0 Å². The average molecular weight is 185 g/mol. The predicted molar refractivity (Wildman–Crippen MR) is 61.0 cm³/mol.